The molecule has 1 aromatic rings. The number of carbonyl (C=O) groups excluding carboxylic acids is 1. The van der Waals surface area contributed by atoms with E-state index in [1.165, 1.54) is 19.2 Å². The summed E-state index contributed by atoms with van der Waals surface area (Å²) in [7, 11) is 1.38. The highest BCUT2D eigenvalue weighted by Gasteiger charge is 2.36. The van der Waals surface area contributed by atoms with Crippen LogP contribution in [0.2, 0.25) is 0 Å². The van der Waals surface area contributed by atoms with Gasteiger partial charge in [-0.25, -0.2) is 9.18 Å². The summed E-state index contributed by atoms with van der Waals surface area (Å²) < 4.78 is 17.7. The summed E-state index contributed by atoms with van der Waals surface area (Å²) in [5.41, 5.74) is -0.0153. The number of methoxy groups -OCH3 is 1. The Labute approximate surface area is 107 Å². The largest absolute Gasteiger partial charge is 0.467 e. The lowest BCUT2D eigenvalue weighted by molar-refractivity contribution is -0.146. The van der Waals surface area contributed by atoms with Gasteiger partial charge in [-0.05, 0) is 37.1 Å². The molecule has 1 N–H and O–H groups in total. The average Bonchev–Trinajstić information content (AvgIpc) is 2.39. The Balaban J connectivity index is 2.96. The molecule has 18 heavy (non-hydrogen) atoms. The molecule has 1 atom stereocenters. The number of ether oxygens (including phenoxy) is 1. The van der Waals surface area contributed by atoms with Crippen LogP contribution in [0.5, 0.6) is 0 Å². The van der Waals surface area contributed by atoms with E-state index in [1.54, 1.807) is 12.1 Å². The molecule has 4 heteroatoms. The van der Waals surface area contributed by atoms with E-state index in [4.69, 9.17) is 4.74 Å². The molecule has 0 bridgehead atoms. The van der Waals surface area contributed by atoms with E-state index in [2.05, 4.69) is 5.32 Å². The van der Waals surface area contributed by atoms with Crippen molar-refractivity contribution < 1.29 is 13.9 Å². The van der Waals surface area contributed by atoms with Gasteiger partial charge in [-0.3, -0.25) is 0 Å². The lowest BCUT2D eigenvalue weighted by Crippen LogP contribution is -2.46. The van der Waals surface area contributed by atoms with E-state index >= 15 is 0 Å². The highest BCUT2D eigenvalue weighted by atomic mass is 19.1. The molecule has 0 aliphatic heterocycles. The van der Waals surface area contributed by atoms with Gasteiger partial charge in [0.15, 0.2) is 0 Å². The SMILES string of the molecule is CCCC(CC)(Nc1ccc(F)cc1)C(=O)OC. The summed E-state index contributed by atoms with van der Waals surface area (Å²) in [6, 6.07) is 5.98. The maximum absolute atomic E-state index is 12.9. The minimum absolute atomic E-state index is 0.281. The molecular weight excluding hydrogens is 233 g/mol. The molecule has 0 radical (unpaired) electrons. The number of rotatable bonds is 6. The molecule has 1 aromatic carbocycles. The second kappa shape index (κ2) is 6.38. The molecular formula is C14H20FNO2. The number of anilines is 1. The summed E-state index contributed by atoms with van der Waals surface area (Å²) >= 11 is 0. The Bertz CT molecular complexity index is 391. The van der Waals surface area contributed by atoms with Crippen LogP contribution in [-0.2, 0) is 9.53 Å². The zero-order valence-electron chi connectivity index (χ0n) is 11.1. The molecule has 0 aliphatic rings. The number of hydrogen-bond donors (Lipinski definition) is 1. The number of benzene rings is 1. The lowest BCUT2D eigenvalue weighted by atomic mass is 9.90. The van der Waals surface area contributed by atoms with E-state index in [0.717, 1.165) is 12.1 Å². The Hall–Kier alpha value is -1.58. The molecule has 0 aliphatic carbocycles. The van der Waals surface area contributed by atoms with Crippen LogP contribution in [0.25, 0.3) is 0 Å². The first-order chi connectivity index (χ1) is 8.57. The van der Waals surface area contributed by atoms with Crippen LogP contribution in [0.4, 0.5) is 10.1 Å². The van der Waals surface area contributed by atoms with E-state index in [1.807, 2.05) is 13.8 Å². The second-order valence-electron chi connectivity index (χ2n) is 4.31. The summed E-state index contributed by atoms with van der Waals surface area (Å²) in [4.78, 5) is 12.0. The Morgan fingerprint density at radius 3 is 2.39 bits per heavy atom. The molecule has 0 spiro atoms. The van der Waals surface area contributed by atoms with Crippen molar-refractivity contribution in [3.05, 3.63) is 30.1 Å². The van der Waals surface area contributed by atoms with Crippen molar-refractivity contribution in [2.45, 2.75) is 38.6 Å². The minimum Gasteiger partial charge on any atom is -0.467 e. The number of carbonyl (C=O) groups is 1. The average molecular weight is 253 g/mol. The van der Waals surface area contributed by atoms with Crippen molar-refractivity contribution in [2.75, 3.05) is 12.4 Å². The fourth-order valence-corrected chi connectivity index (χ4v) is 2.06. The predicted molar refractivity (Wildman–Crippen MR) is 70.0 cm³/mol. The Morgan fingerprint density at radius 1 is 1.33 bits per heavy atom. The van der Waals surface area contributed by atoms with Crippen molar-refractivity contribution in [2.24, 2.45) is 0 Å². The summed E-state index contributed by atoms with van der Waals surface area (Å²) in [5, 5.41) is 3.18. The minimum atomic E-state index is -0.735. The highest BCUT2D eigenvalue weighted by Crippen LogP contribution is 2.25. The van der Waals surface area contributed by atoms with Crippen LogP contribution in [0.1, 0.15) is 33.1 Å². The third-order valence-electron chi connectivity index (χ3n) is 3.08. The van der Waals surface area contributed by atoms with Gasteiger partial charge in [0, 0.05) is 5.69 Å². The van der Waals surface area contributed by atoms with Gasteiger partial charge in [-0.1, -0.05) is 20.3 Å². The predicted octanol–water partition coefficient (Wildman–Crippen LogP) is 3.36. The van der Waals surface area contributed by atoms with Gasteiger partial charge in [-0.2, -0.15) is 0 Å². The molecule has 100 valence electrons. The molecule has 0 aromatic heterocycles. The molecule has 0 saturated heterocycles. The third-order valence-corrected chi connectivity index (χ3v) is 3.08. The molecule has 0 amide bonds. The van der Waals surface area contributed by atoms with Gasteiger partial charge in [-0.15, -0.1) is 0 Å². The van der Waals surface area contributed by atoms with Crippen molar-refractivity contribution >= 4 is 11.7 Å². The highest BCUT2D eigenvalue weighted by molar-refractivity contribution is 5.84. The van der Waals surface area contributed by atoms with Gasteiger partial charge >= 0.3 is 5.97 Å². The van der Waals surface area contributed by atoms with Gasteiger partial charge in [0.2, 0.25) is 0 Å². The fourth-order valence-electron chi connectivity index (χ4n) is 2.06. The van der Waals surface area contributed by atoms with Crippen LogP contribution in [-0.4, -0.2) is 18.6 Å². The van der Waals surface area contributed by atoms with E-state index in [0.29, 0.717) is 12.8 Å². The zero-order valence-corrected chi connectivity index (χ0v) is 11.1. The molecule has 0 heterocycles. The number of esters is 1. The number of hydrogen-bond acceptors (Lipinski definition) is 3. The summed E-state index contributed by atoms with van der Waals surface area (Å²) in [5.74, 6) is -0.576. The molecule has 0 saturated carbocycles. The quantitative estimate of drug-likeness (QED) is 0.790. The monoisotopic (exact) mass is 253 g/mol. The van der Waals surface area contributed by atoms with Crippen LogP contribution >= 0.6 is 0 Å². The first-order valence-corrected chi connectivity index (χ1v) is 6.20. The molecule has 0 fully saturated rings. The van der Waals surface area contributed by atoms with Crippen molar-refractivity contribution in [3.63, 3.8) is 0 Å². The topological polar surface area (TPSA) is 38.3 Å². The Kier molecular flexibility index (Phi) is 5.13. The number of nitrogens with one attached hydrogen (secondary N) is 1. The lowest BCUT2D eigenvalue weighted by Gasteiger charge is -2.31. The van der Waals surface area contributed by atoms with E-state index in [9.17, 15) is 9.18 Å². The fraction of sp³-hybridized carbons (Fsp3) is 0.500. The van der Waals surface area contributed by atoms with Crippen LogP contribution < -0.4 is 5.32 Å². The second-order valence-corrected chi connectivity index (χ2v) is 4.31. The van der Waals surface area contributed by atoms with Gasteiger partial charge in [0.05, 0.1) is 7.11 Å². The molecule has 1 rings (SSSR count). The normalized spacial score (nSPS) is 13.8. The summed E-state index contributed by atoms with van der Waals surface area (Å²) in [6.45, 7) is 3.95. The first-order valence-electron chi connectivity index (χ1n) is 6.20. The van der Waals surface area contributed by atoms with Gasteiger partial charge in [0.25, 0.3) is 0 Å². The summed E-state index contributed by atoms with van der Waals surface area (Å²) in [6.07, 6.45) is 2.15. The Morgan fingerprint density at radius 2 is 1.94 bits per heavy atom. The number of halogens is 1. The standard InChI is InChI=1S/C14H20FNO2/c1-4-10-14(5-2,13(17)18-3)16-12-8-6-11(15)7-9-12/h6-9,16H,4-5,10H2,1-3H3. The van der Waals surface area contributed by atoms with Crippen LogP contribution in [0.3, 0.4) is 0 Å². The van der Waals surface area contributed by atoms with Crippen molar-refractivity contribution in [3.8, 4) is 0 Å². The zero-order chi connectivity index (χ0) is 13.6. The van der Waals surface area contributed by atoms with Crippen molar-refractivity contribution in [1.29, 1.82) is 0 Å². The maximum atomic E-state index is 12.9. The molecule has 3 nitrogen and oxygen atoms in total. The van der Waals surface area contributed by atoms with Crippen LogP contribution in [0, 0.1) is 5.82 Å². The smallest absolute Gasteiger partial charge is 0.331 e. The third kappa shape index (κ3) is 3.22. The van der Waals surface area contributed by atoms with Crippen LogP contribution in [0.15, 0.2) is 24.3 Å². The van der Waals surface area contributed by atoms with E-state index < -0.39 is 5.54 Å². The van der Waals surface area contributed by atoms with E-state index in [-0.39, 0.29) is 11.8 Å². The molecule has 1 unspecified atom stereocenters. The van der Waals surface area contributed by atoms with Crippen molar-refractivity contribution in [1.82, 2.24) is 0 Å². The van der Waals surface area contributed by atoms with Gasteiger partial charge in [0.1, 0.15) is 11.4 Å². The maximum Gasteiger partial charge on any atom is 0.331 e. The van der Waals surface area contributed by atoms with Gasteiger partial charge < -0.3 is 10.1 Å². The first kappa shape index (κ1) is 14.5.